The van der Waals surface area contributed by atoms with E-state index in [2.05, 4.69) is 27.0 Å². The maximum absolute atomic E-state index is 11.4. The maximum Gasteiger partial charge on any atom is 0.408 e. The van der Waals surface area contributed by atoms with Crippen molar-refractivity contribution in [3.8, 4) is 0 Å². The van der Waals surface area contributed by atoms with Crippen molar-refractivity contribution in [3.63, 3.8) is 0 Å². The summed E-state index contributed by atoms with van der Waals surface area (Å²) < 4.78 is 7.94. The van der Waals surface area contributed by atoms with Crippen LogP contribution in [0.15, 0.2) is 0 Å². The number of ether oxygens (including phenoxy) is 2. The Bertz CT molecular complexity index is 1460. The molecule has 0 fully saturated rings. The number of amides is 8. The number of hydrogen-bond donors (Lipinski definition) is 4. The fourth-order valence-electron chi connectivity index (χ4n) is 4.62. The number of carbonyl (C=O) groups is 13. The topological polar surface area (TPSA) is 326 Å². The van der Waals surface area contributed by atoms with Gasteiger partial charge in [0.05, 0.1) is 12.6 Å². The number of rotatable bonds is 15. The molecule has 0 radical (unpaired) electrons. The number of Topliss-reactive ketones (excluding diaryl/α,β-unsaturated/α-hetero) is 1. The number of esters is 4. The van der Waals surface area contributed by atoms with E-state index in [1.165, 1.54) is 76.2 Å². The highest BCUT2D eigenvalue weighted by atomic mass is 16.6. The van der Waals surface area contributed by atoms with E-state index in [1.807, 2.05) is 20.8 Å². The number of nitrogens with one attached hydrogen (secondary N) is 2. The predicted octanol–water partition coefficient (Wildman–Crippen LogP) is 1.81. The Balaban J connectivity index is -0.000000168. The SMILES string of the molecule is CC(=O)OC(C)=O.CC(=O)OC(C)=O.CCC(CCC(C)=O)NC(C)=O.CCC(CN(C(C)=O)C(C)=O)NC(C)=O.CCC(N)CN.[CH2+]C(=O)N(CC(CC)N(C(C)=O)C(C)=O)C(C)=O. The summed E-state index contributed by atoms with van der Waals surface area (Å²) in [5.41, 5.74) is 10.5. The molecule has 0 aliphatic rings. The minimum Gasteiger partial charge on any atom is -0.394 e. The second-order valence-corrected chi connectivity index (χ2v) is 14.1. The lowest BCUT2D eigenvalue weighted by Crippen LogP contribution is -2.50. The molecule has 6 N–H and O–H groups in total. The van der Waals surface area contributed by atoms with Crippen molar-refractivity contribution in [1.29, 1.82) is 0 Å². The van der Waals surface area contributed by atoms with E-state index in [-0.39, 0.29) is 60.6 Å². The zero-order valence-electron chi connectivity index (χ0n) is 41.5. The molecular weight excluding hydrogens is 855 g/mol. The first-order valence-corrected chi connectivity index (χ1v) is 20.8. The lowest BCUT2D eigenvalue weighted by atomic mass is 10.1. The molecule has 22 heteroatoms. The predicted molar refractivity (Wildman–Crippen MR) is 241 cm³/mol. The molecule has 0 saturated heterocycles. The van der Waals surface area contributed by atoms with E-state index in [9.17, 15) is 62.3 Å². The van der Waals surface area contributed by atoms with Gasteiger partial charge in [0, 0.05) is 114 Å². The van der Waals surface area contributed by atoms with Crippen molar-refractivity contribution >= 4 is 76.9 Å². The fraction of sp³-hybridized carbons (Fsp3) is 0.674. The van der Waals surface area contributed by atoms with Crippen LogP contribution in [0.2, 0.25) is 0 Å². The largest absolute Gasteiger partial charge is 0.408 e. The highest BCUT2D eigenvalue weighted by Gasteiger charge is 2.29. The van der Waals surface area contributed by atoms with Gasteiger partial charge in [-0.3, -0.25) is 62.5 Å². The van der Waals surface area contributed by atoms with Crippen molar-refractivity contribution < 1.29 is 71.8 Å². The summed E-state index contributed by atoms with van der Waals surface area (Å²) in [5, 5.41) is 5.48. The third-order valence-corrected chi connectivity index (χ3v) is 7.80. The quantitative estimate of drug-likeness (QED) is 0.103. The molecule has 4 unspecified atom stereocenters. The minimum absolute atomic E-state index is 0.0205. The first-order valence-electron chi connectivity index (χ1n) is 20.8. The summed E-state index contributed by atoms with van der Waals surface area (Å²) in [6.07, 6.45) is 4.31. The minimum atomic E-state index is -0.645. The van der Waals surface area contributed by atoms with Gasteiger partial charge in [0.15, 0.2) is 6.92 Å². The van der Waals surface area contributed by atoms with Gasteiger partial charge in [-0.25, -0.2) is 9.69 Å². The molecule has 8 amide bonds. The summed E-state index contributed by atoms with van der Waals surface area (Å²) >= 11 is 0. The maximum atomic E-state index is 11.4. The van der Waals surface area contributed by atoms with E-state index in [0.717, 1.165) is 34.0 Å². The van der Waals surface area contributed by atoms with Gasteiger partial charge in [-0.1, -0.05) is 27.7 Å². The highest BCUT2D eigenvalue weighted by Crippen LogP contribution is 2.09. The number of nitrogens with zero attached hydrogens (tertiary/aromatic N) is 3. The second kappa shape index (κ2) is 42.1. The summed E-state index contributed by atoms with van der Waals surface area (Å²) in [6, 6.07) is -0.318. The average Bonchev–Trinajstić information content (AvgIpc) is 3.14. The molecule has 0 saturated carbocycles. The van der Waals surface area contributed by atoms with Crippen molar-refractivity contribution in [2.24, 2.45) is 11.5 Å². The molecule has 0 aromatic carbocycles. The Morgan fingerprint density at radius 1 is 0.508 bits per heavy atom. The third-order valence-electron chi connectivity index (χ3n) is 7.80. The zero-order chi connectivity index (χ0) is 52.7. The molecule has 0 aliphatic carbocycles. The van der Waals surface area contributed by atoms with E-state index >= 15 is 0 Å². The Hall–Kier alpha value is -5.90. The standard InChI is InChI=1S/C12H19N2O4.C10H18N2O3.C9H17NO2.C4H12N2.2C4H6O3/c1-6-12(14(10(4)17)11(5)18)7-13(8(2)15)9(3)16;1-5-10(11-7(2)13)6-12(8(3)14)9(4)15;1-4-9(10-8(3)12)6-5-7(2)11;1-2-4(6)3-5;2*1-3(5)7-4(2)6/h12H,2,6-7H2,1,3-5H3;10H,5-6H2,1-4H3,(H,11,13);9H,4-6H2,1-3H3,(H,10,12);4H,2-3,5-6H2,1H3;2*1-2H3/q+1;;;;;. The molecule has 0 aromatic rings. The monoisotopic (exact) mass is 933 g/mol. The summed E-state index contributed by atoms with van der Waals surface area (Å²) in [7, 11) is 0. The van der Waals surface area contributed by atoms with Gasteiger partial charge in [-0.15, -0.1) is 0 Å². The van der Waals surface area contributed by atoms with Gasteiger partial charge >= 0.3 is 29.8 Å². The Morgan fingerprint density at radius 3 is 1.05 bits per heavy atom. The number of imide groups is 3. The van der Waals surface area contributed by atoms with Crippen LogP contribution in [0.5, 0.6) is 0 Å². The average molecular weight is 933 g/mol. The second-order valence-electron chi connectivity index (χ2n) is 14.1. The van der Waals surface area contributed by atoms with Crippen LogP contribution in [-0.4, -0.2) is 135 Å². The third kappa shape index (κ3) is 49.0. The molecule has 0 heterocycles. The number of carbonyl (C=O) groups excluding carboxylic acids is 13. The number of hydrogen-bond acceptors (Lipinski definition) is 17. The number of ketones is 1. The number of nitrogens with two attached hydrogens (primary N) is 2. The molecule has 0 aliphatic heterocycles. The van der Waals surface area contributed by atoms with Gasteiger partial charge in [0.25, 0.3) is 0 Å². The first-order chi connectivity index (χ1) is 29.7. The van der Waals surface area contributed by atoms with Crippen molar-refractivity contribution in [1.82, 2.24) is 25.3 Å². The van der Waals surface area contributed by atoms with Crippen molar-refractivity contribution in [2.75, 3.05) is 19.6 Å². The molecule has 374 valence electrons. The fourth-order valence-corrected chi connectivity index (χ4v) is 4.62. The van der Waals surface area contributed by atoms with Crippen LogP contribution >= 0.6 is 0 Å². The van der Waals surface area contributed by atoms with Crippen LogP contribution in [-0.2, 0) is 71.8 Å². The van der Waals surface area contributed by atoms with Crippen LogP contribution < -0.4 is 22.1 Å². The molecule has 22 nitrogen and oxygen atoms in total. The first kappa shape index (κ1) is 70.8. The van der Waals surface area contributed by atoms with Crippen molar-refractivity contribution in [2.45, 2.75) is 173 Å². The van der Waals surface area contributed by atoms with Crippen LogP contribution in [0.4, 0.5) is 0 Å². The summed E-state index contributed by atoms with van der Waals surface area (Å²) in [5.74, 6) is -4.77. The van der Waals surface area contributed by atoms with E-state index in [1.54, 1.807) is 13.8 Å². The zero-order valence-corrected chi connectivity index (χ0v) is 41.5. The van der Waals surface area contributed by atoms with E-state index in [4.69, 9.17) is 11.5 Å². The van der Waals surface area contributed by atoms with Crippen molar-refractivity contribution in [3.05, 3.63) is 6.92 Å². The molecule has 0 aromatic heterocycles. The van der Waals surface area contributed by atoms with Crippen LogP contribution in [0.25, 0.3) is 0 Å². The Labute approximate surface area is 384 Å². The van der Waals surface area contributed by atoms with Gasteiger partial charge in [0.2, 0.25) is 41.4 Å². The molecule has 65 heavy (non-hydrogen) atoms. The van der Waals surface area contributed by atoms with Gasteiger partial charge in [-0.2, -0.15) is 0 Å². The smallest absolute Gasteiger partial charge is 0.394 e. The van der Waals surface area contributed by atoms with E-state index < -0.39 is 53.5 Å². The van der Waals surface area contributed by atoms with Crippen LogP contribution in [0.1, 0.15) is 149 Å². The highest BCUT2D eigenvalue weighted by molar-refractivity contribution is 5.97. The van der Waals surface area contributed by atoms with Gasteiger partial charge in [0.1, 0.15) is 5.78 Å². The lowest BCUT2D eigenvalue weighted by molar-refractivity contribution is -0.158. The molecule has 0 bridgehead atoms. The molecule has 0 spiro atoms. The molecule has 4 atom stereocenters. The van der Waals surface area contributed by atoms with Gasteiger partial charge in [-0.05, 0) is 39.0 Å². The normalized spacial score (nSPS) is 11.2. The van der Waals surface area contributed by atoms with Crippen LogP contribution in [0, 0.1) is 6.92 Å². The molecule has 0 rings (SSSR count). The Kier molecular flexibility index (Phi) is 45.8. The Morgan fingerprint density at radius 2 is 0.862 bits per heavy atom. The van der Waals surface area contributed by atoms with Gasteiger partial charge < -0.3 is 36.4 Å². The lowest BCUT2D eigenvalue weighted by Gasteiger charge is -2.29. The summed E-state index contributed by atoms with van der Waals surface area (Å²) in [6.45, 7) is 27.3. The van der Waals surface area contributed by atoms with Crippen LogP contribution in [0.3, 0.4) is 0 Å². The summed E-state index contributed by atoms with van der Waals surface area (Å²) in [4.78, 5) is 142. The molecular formula is C43H78N7O15+. The van der Waals surface area contributed by atoms with E-state index in [0.29, 0.717) is 25.8 Å².